The molecule has 1 fully saturated rings. The number of carbonyl (C=O) groups is 2. The summed E-state index contributed by atoms with van der Waals surface area (Å²) in [5, 5.41) is 11.3. The number of benzene rings is 1. The molecule has 0 unspecified atom stereocenters. The largest absolute Gasteiger partial charge is 0.375 e. The van der Waals surface area contributed by atoms with Crippen LogP contribution < -0.4 is 0 Å². The second-order valence-electron chi connectivity index (χ2n) is 6.70. The van der Waals surface area contributed by atoms with E-state index in [0.717, 1.165) is 37.9 Å². The molecule has 0 atom stereocenters. The predicted molar refractivity (Wildman–Crippen MR) is 88.0 cm³/mol. The molecule has 1 amide bonds. The molecule has 0 spiro atoms. The van der Waals surface area contributed by atoms with Gasteiger partial charge >= 0.3 is 5.97 Å². The average Bonchev–Trinajstić information content (AvgIpc) is 2.60. The Balaban J connectivity index is 2.20. The SMILES string of the molecule is CC(C)(CC(=O)N1CCCCC1)c1ccc(C(=O)OO)c(N=O)c1. The molecule has 0 saturated carbocycles. The van der Waals surface area contributed by atoms with Crippen LogP contribution in [-0.4, -0.2) is 35.1 Å². The van der Waals surface area contributed by atoms with Crippen LogP contribution in [0.25, 0.3) is 0 Å². The molecule has 1 N–H and O–H groups in total. The van der Waals surface area contributed by atoms with Gasteiger partial charge in [0.1, 0.15) is 5.69 Å². The van der Waals surface area contributed by atoms with Gasteiger partial charge in [-0.25, -0.2) is 4.79 Å². The van der Waals surface area contributed by atoms with E-state index in [1.807, 2.05) is 18.7 Å². The van der Waals surface area contributed by atoms with Crippen molar-refractivity contribution < 1.29 is 19.7 Å². The Kier molecular flexibility index (Phi) is 5.66. The second kappa shape index (κ2) is 7.53. The van der Waals surface area contributed by atoms with Gasteiger partial charge in [-0.3, -0.25) is 9.68 Å². The Morgan fingerprint density at radius 2 is 1.92 bits per heavy atom. The van der Waals surface area contributed by atoms with Crippen molar-refractivity contribution in [2.24, 2.45) is 5.18 Å². The number of hydrogen-bond donors (Lipinski definition) is 1. The third-order valence-corrected chi connectivity index (χ3v) is 4.48. The lowest BCUT2D eigenvalue weighted by Crippen LogP contribution is -2.38. The summed E-state index contributed by atoms with van der Waals surface area (Å²) in [6, 6.07) is 4.48. The van der Waals surface area contributed by atoms with Gasteiger partial charge in [-0.1, -0.05) is 19.9 Å². The maximum atomic E-state index is 12.5. The Labute approximate surface area is 140 Å². The van der Waals surface area contributed by atoms with Crippen molar-refractivity contribution in [3.63, 3.8) is 0 Å². The van der Waals surface area contributed by atoms with Crippen molar-refractivity contribution in [1.82, 2.24) is 4.90 Å². The topological polar surface area (TPSA) is 96.3 Å². The van der Waals surface area contributed by atoms with Gasteiger partial charge in [0.25, 0.3) is 0 Å². The number of carbonyl (C=O) groups excluding carboxylic acids is 2. The number of hydrogen-bond acceptors (Lipinski definition) is 6. The fourth-order valence-corrected chi connectivity index (χ4v) is 2.99. The van der Waals surface area contributed by atoms with E-state index in [1.165, 1.54) is 12.1 Å². The van der Waals surface area contributed by atoms with E-state index < -0.39 is 11.4 Å². The van der Waals surface area contributed by atoms with Crippen LogP contribution in [0.1, 0.15) is 55.5 Å². The number of rotatable bonds is 5. The summed E-state index contributed by atoms with van der Waals surface area (Å²) >= 11 is 0. The fourth-order valence-electron chi connectivity index (χ4n) is 2.99. The van der Waals surface area contributed by atoms with Gasteiger partial charge in [0.15, 0.2) is 0 Å². The summed E-state index contributed by atoms with van der Waals surface area (Å²) in [5.74, 6) is -0.961. The minimum absolute atomic E-state index is 0.0826. The first-order chi connectivity index (χ1) is 11.4. The molecule has 1 saturated heterocycles. The fraction of sp³-hybridized carbons (Fsp3) is 0.529. The van der Waals surface area contributed by atoms with Gasteiger partial charge in [-0.15, -0.1) is 4.91 Å². The number of piperidine rings is 1. The van der Waals surface area contributed by atoms with Crippen molar-refractivity contribution in [2.45, 2.75) is 44.9 Å². The Morgan fingerprint density at radius 3 is 2.50 bits per heavy atom. The van der Waals surface area contributed by atoms with Gasteiger partial charge in [-0.2, -0.15) is 5.26 Å². The molecule has 0 aromatic heterocycles. The van der Waals surface area contributed by atoms with E-state index in [9.17, 15) is 14.5 Å². The highest BCUT2D eigenvalue weighted by molar-refractivity contribution is 5.94. The zero-order chi connectivity index (χ0) is 17.7. The normalized spacial score (nSPS) is 15.0. The zero-order valence-electron chi connectivity index (χ0n) is 13.9. The summed E-state index contributed by atoms with van der Waals surface area (Å²) < 4.78 is 0. The molecule has 24 heavy (non-hydrogen) atoms. The minimum Gasteiger partial charge on any atom is -0.343 e. The van der Waals surface area contributed by atoms with Crippen LogP contribution in [-0.2, 0) is 15.1 Å². The molecule has 1 heterocycles. The van der Waals surface area contributed by atoms with Crippen LogP contribution in [0, 0.1) is 4.91 Å². The average molecular weight is 334 g/mol. The lowest BCUT2D eigenvalue weighted by atomic mass is 9.80. The molecular formula is C17H22N2O5. The van der Waals surface area contributed by atoms with Gasteiger partial charge in [0.05, 0.1) is 5.56 Å². The molecule has 0 aliphatic carbocycles. The third kappa shape index (κ3) is 3.97. The Hall–Kier alpha value is -2.28. The number of amides is 1. The van der Waals surface area contributed by atoms with Gasteiger partial charge in [0.2, 0.25) is 5.91 Å². The van der Waals surface area contributed by atoms with E-state index in [2.05, 4.69) is 10.1 Å². The van der Waals surface area contributed by atoms with Crippen LogP contribution in [0.5, 0.6) is 0 Å². The first-order valence-corrected chi connectivity index (χ1v) is 8.00. The smallest absolute Gasteiger partial charge is 0.343 e. The Bertz CT molecular complexity index is 636. The lowest BCUT2D eigenvalue weighted by Gasteiger charge is -2.31. The van der Waals surface area contributed by atoms with E-state index in [1.54, 1.807) is 6.07 Å². The minimum atomic E-state index is -1.04. The Morgan fingerprint density at radius 1 is 1.25 bits per heavy atom. The maximum absolute atomic E-state index is 12.5. The van der Waals surface area contributed by atoms with E-state index in [4.69, 9.17) is 5.26 Å². The third-order valence-electron chi connectivity index (χ3n) is 4.48. The van der Waals surface area contributed by atoms with Crippen LogP contribution in [0.15, 0.2) is 23.4 Å². The highest BCUT2D eigenvalue weighted by Gasteiger charge is 2.29. The molecule has 7 nitrogen and oxygen atoms in total. The van der Waals surface area contributed by atoms with E-state index in [-0.39, 0.29) is 17.2 Å². The molecule has 1 aromatic rings. The summed E-state index contributed by atoms with van der Waals surface area (Å²) in [4.78, 5) is 40.4. The van der Waals surface area contributed by atoms with Crippen LogP contribution >= 0.6 is 0 Å². The predicted octanol–water partition coefficient (Wildman–Crippen LogP) is 3.39. The molecule has 1 aliphatic rings. The molecule has 0 radical (unpaired) electrons. The number of likely N-dealkylation sites (tertiary alicyclic amines) is 1. The van der Waals surface area contributed by atoms with Crippen molar-refractivity contribution >= 4 is 17.6 Å². The molecule has 130 valence electrons. The highest BCUT2D eigenvalue weighted by Crippen LogP contribution is 2.32. The van der Waals surface area contributed by atoms with Gasteiger partial charge in [0, 0.05) is 19.5 Å². The van der Waals surface area contributed by atoms with Crippen molar-refractivity contribution in [2.75, 3.05) is 13.1 Å². The quantitative estimate of drug-likeness (QED) is 0.506. The molecule has 0 bridgehead atoms. The van der Waals surface area contributed by atoms with Gasteiger partial charge < -0.3 is 4.90 Å². The lowest BCUT2D eigenvalue weighted by molar-refractivity contribution is -0.182. The first-order valence-electron chi connectivity index (χ1n) is 8.00. The first kappa shape index (κ1) is 18.1. The molecule has 1 aliphatic heterocycles. The van der Waals surface area contributed by atoms with Crippen molar-refractivity contribution in [3.05, 3.63) is 34.2 Å². The zero-order valence-corrected chi connectivity index (χ0v) is 13.9. The highest BCUT2D eigenvalue weighted by atomic mass is 17.1. The number of nitroso groups, excluding NO2 is 1. The van der Waals surface area contributed by atoms with E-state index in [0.29, 0.717) is 6.42 Å². The molecule has 7 heteroatoms. The van der Waals surface area contributed by atoms with Gasteiger partial charge in [-0.05, 0) is 47.6 Å². The number of nitrogens with zero attached hydrogens (tertiary/aromatic N) is 2. The van der Waals surface area contributed by atoms with Crippen molar-refractivity contribution in [1.29, 1.82) is 0 Å². The standard InChI is InChI=1S/C17H22N2O5/c1-17(2,11-15(20)19-8-4-3-5-9-19)12-6-7-13(16(21)24-23)14(10-12)18-22/h6-7,10,23H,3-5,8-9,11H2,1-2H3. The van der Waals surface area contributed by atoms with Crippen LogP contribution in [0.4, 0.5) is 5.69 Å². The summed E-state index contributed by atoms with van der Waals surface area (Å²) in [6.07, 6.45) is 3.52. The summed E-state index contributed by atoms with van der Waals surface area (Å²) in [7, 11) is 0. The molecule has 2 rings (SSSR count). The van der Waals surface area contributed by atoms with Crippen LogP contribution in [0.3, 0.4) is 0 Å². The monoisotopic (exact) mass is 334 g/mol. The molecular weight excluding hydrogens is 312 g/mol. The van der Waals surface area contributed by atoms with Crippen LogP contribution in [0.2, 0.25) is 0 Å². The van der Waals surface area contributed by atoms with Crippen molar-refractivity contribution in [3.8, 4) is 0 Å². The maximum Gasteiger partial charge on any atom is 0.375 e. The summed E-state index contributed by atoms with van der Waals surface area (Å²) in [5.41, 5.74) is -0.0355. The summed E-state index contributed by atoms with van der Waals surface area (Å²) in [6.45, 7) is 5.39. The molecule has 1 aromatic carbocycles. The second-order valence-corrected chi connectivity index (χ2v) is 6.70. The van der Waals surface area contributed by atoms with E-state index >= 15 is 0 Å².